The number of anilines is 1. The smallest absolute Gasteiger partial charge is 0.291 e. The normalized spacial score (nSPS) is 14.3. The first-order valence-electron chi connectivity index (χ1n) is 12.9. The third-order valence-electron chi connectivity index (χ3n) is 6.72. The van der Waals surface area contributed by atoms with Crippen molar-refractivity contribution in [2.45, 2.75) is 32.7 Å². The standard InChI is InChI=1S/C30H25FN4O3S/c1-2-3-8-17-38-21-15-13-19(14-16-21)27-32-30-35(33-27)29(37)26(39-30)25-22-10-5-7-12-24(22)34(28(25)36)18-20-9-4-6-11-23(20)31/h4-7,9-16H,2-3,8,17-18H2,1H3. The van der Waals surface area contributed by atoms with Crippen LogP contribution in [-0.2, 0) is 11.3 Å². The summed E-state index contributed by atoms with van der Waals surface area (Å²) in [5.41, 5.74) is 2.31. The van der Waals surface area contributed by atoms with Gasteiger partial charge in [-0.25, -0.2) is 4.39 Å². The average molecular weight is 541 g/mol. The van der Waals surface area contributed by atoms with Crippen molar-refractivity contribution in [1.82, 2.24) is 14.6 Å². The van der Waals surface area contributed by atoms with Gasteiger partial charge in [0.05, 0.1) is 24.4 Å². The van der Waals surface area contributed by atoms with Gasteiger partial charge in [-0.3, -0.25) is 9.59 Å². The molecule has 0 saturated heterocycles. The van der Waals surface area contributed by atoms with E-state index in [2.05, 4.69) is 17.0 Å². The molecule has 0 bridgehead atoms. The number of unbranched alkanes of at least 4 members (excludes halogenated alkanes) is 2. The summed E-state index contributed by atoms with van der Waals surface area (Å²) in [5.74, 6) is 0.461. The fraction of sp³-hybridized carbons (Fsp3) is 0.200. The number of ether oxygens (including phenoxy) is 1. The molecule has 39 heavy (non-hydrogen) atoms. The Hall–Kier alpha value is -4.37. The van der Waals surface area contributed by atoms with Crippen LogP contribution in [0.5, 0.6) is 5.75 Å². The van der Waals surface area contributed by atoms with Crippen LogP contribution in [0, 0.1) is 5.82 Å². The number of hydrogen-bond acceptors (Lipinski definition) is 6. The van der Waals surface area contributed by atoms with Gasteiger partial charge in [-0.1, -0.05) is 67.5 Å². The van der Waals surface area contributed by atoms with Gasteiger partial charge in [0.2, 0.25) is 4.96 Å². The van der Waals surface area contributed by atoms with Crippen molar-refractivity contribution < 1.29 is 13.9 Å². The summed E-state index contributed by atoms with van der Waals surface area (Å²) < 4.78 is 21.7. The summed E-state index contributed by atoms with van der Waals surface area (Å²) in [4.78, 5) is 33.6. The molecule has 1 amide bonds. The summed E-state index contributed by atoms with van der Waals surface area (Å²) in [6.07, 6.45) is 3.28. The van der Waals surface area contributed by atoms with Crippen LogP contribution in [0.25, 0.3) is 21.9 Å². The number of benzene rings is 3. The van der Waals surface area contributed by atoms with E-state index in [4.69, 9.17) is 4.74 Å². The number of halogens is 1. The number of carbonyl (C=O) groups excluding carboxylic acids is 1. The second-order valence-electron chi connectivity index (χ2n) is 9.32. The molecule has 1 aliphatic heterocycles. The maximum absolute atomic E-state index is 14.4. The number of carbonyl (C=O) groups is 1. The van der Waals surface area contributed by atoms with Crippen LogP contribution in [0.1, 0.15) is 37.3 Å². The van der Waals surface area contributed by atoms with Gasteiger partial charge >= 0.3 is 0 Å². The van der Waals surface area contributed by atoms with Crippen LogP contribution in [0.2, 0.25) is 0 Å². The zero-order chi connectivity index (χ0) is 26.9. The molecule has 3 aromatic carbocycles. The van der Waals surface area contributed by atoms with Gasteiger partial charge in [0.15, 0.2) is 5.82 Å². The van der Waals surface area contributed by atoms with E-state index in [0.717, 1.165) is 41.9 Å². The lowest BCUT2D eigenvalue weighted by Gasteiger charge is -2.17. The predicted octanol–water partition coefficient (Wildman–Crippen LogP) is 4.99. The number of fused-ring (bicyclic) bond motifs is 2. The number of para-hydroxylation sites is 1. The SMILES string of the molecule is CCCCCOc1ccc(-c2nc3sc(=C4C(=O)N(Cc5ccccc5F)c5ccccc54)c(=O)n3n2)cc1. The quantitative estimate of drug-likeness (QED) is 0.259. The molecule has 7 nitrogen and oxygen atoms in total. The number of aromatic nitrogens is 3. The lowest BCUT2D eigenvalue weighted by molar-refractivity contribution is -0.113. The molecule has 9 heteroatoms. The van der Waals surface area contributed by atoms with Crippen molar-refractivity contribution >= 4 is 33.5 Å². The van der Waals surface area contributed by atoms with Crippen LogP contribution in [0.4, 0.5) is 10.1 Å². The van der Waals surface area contributed by atoms with E-state index in [9.17, 15) is 14.0 Å². The number of amides is 1. The summed E-state index contributed by atoms with van der Waals surface area (Å²) >= 11 is 1.13. The number of nitrogens with zero attached hydrogens (tertiary/aromatic N) is 4. The molecule has 0 saturated carbocycles. The second kappa shape index (κ2) is 10.4. The highest BCUT2D eigenvalue weighted by Crippen LogP contribution is 2.36. The molecule has 5 aromatic rings. The monoisotopic (exact) mass is 540 g/mol. The van der Waals surface area contributed by atoms with E-state index in [1.54, 1.807) is 30.3 Å². The molecule has 0 unspecified atom stereocenters. The van der Waals surface area contributed by atoms with E-state index in [1.165, 1.54) is 15.5 Å². The summed E-state index contributed by atoms with van der Waals surface area (Å²) in [6.45, 7) is 2.88. The van der Waals surface area contributed by atoms with Crippen molar-refractivity contribution in [3.63, 3.8) is 0 Å². The molecule has 1 aliphatic rings. The van der Waals surface area contributed by atoms with Crippen molar-refractivity contribution in [3.8, 4) is 17.1 Å². The van der Waals surface area contributed by atoms with Crippen LogP contribution in [-0.4, -0.2) is 27.1 Å². The minimum atomic E-state index is -0.407. The van der Waals surface area contributed by atoms with Gasteiger partial charge in [0.1, 0.15) is 16.1 Å². The Morgan fingerprint density at radius 3 is 2.49 bits per heavy atom. The molecule has 0 radical (unpaired) electrons. The Morgan fingerprint density at radius 1 is 0.949 bits per heavy atom. The second-order valence-corrected chi connectivity index (χ2v) is 10.3. The molecule has 0 N–H and O–H groups in total. The number of thiazole rings is 1. The van der Waals surface area contributed by atoms with E-state index < -0.39 is 5.56 Å². The van der Waals surface area contributed by atoms with E-state index in [0.29, 0.717) is 34.2 Å². The van der Waals surface area contributed by atoms with Gasteiger partial charge in [-0.2, -0.15) is 9.50 Å². The third-order valence-corrected chi connectivity index (χ3v) is 7.75. The number of rotatable bonds is 8. The maximum Gasteiger partial charge on any atom is 0.291 e. The molecule has 6 rings (SSSR count). The van der Waals surface area contributed by atoms with Crippen LogP contribution < -0.4 is 19.7 Å². The van der Waals surface area contributed by atoms with Crippen LogP contribution >= 0.6 is 11.3 Å². The lowest BCUT2D eigenvalue weighted by Crippen LogP contribution is -2.32. The minimum Gasteiger partial charge on any atom is -0.494 e. The highest BCUT2D eigenvalue weighted by molar-refractivity contribution is 7.15. The lowest BCUT2D eigenvalue weighted by atomic mass is 10.1. The Labute approximate surface area is 227 Å². The third kappa shape index (κ3) is 4.59. The largest absolute Gasteiger partial charge is 0.494 e. The molecule has 0 aliphatic carbocycles. The van der Waals surface area contributed by atoms with Gasteiger partial charge < -0.3 is 9.64 Å². The first kappa shape index (κ1) is 24.9. The fourth-order valence-electron chi connectivity index (χ4n) is 4.70. The molecule has 0 atom stereocenters. The minimum absolute atomic E-state index is 0.0590. The predicted molar refractivity (Wildman–Crippen MR) is 149 cm³/mol. The van der Waals surface area contributed by atoms with E-state index >= 15 is 0 Å². The molecule has 0 spiro atoms. The fourth-order valence-corrected chi connectivity index (χ4v) is 5.70. The zero-order valence-corrected chi connectivity index (χ0v) is 22.1. The molecule has 0 fully saturated rings. The van der Waals surface area contributed by atoms with E-state index in [-0.39, 0.29) is 28.4 Å². The molecular weight excluding hydrogens is 515 g/mol. The van der Waals surface area contributed by atoms with E-state index in [1.807, 2.05) is 36.4 Å². The molecule has 3 heterocycles. The zero-order valence-electron chi connectivity index (χ0n) is 21.3. The topological polar surface area (TPSA) is 76.8 Å². The highest BCUT2D eigenvalue weighted by Gasteiger charge is 2.34. The van der Waals surface area contributed by atoms with Gasteiger partial charge in [0, 0.05) is 16.7 Å². The average Bonchev–Trinajstić information content (AvgIpc) is 3.59. The van der Waals surface area contributed by atoms with Crippen molar-refractivity contribution in [3.05, 3.63) is 105 Å². The van der Waals surface area contributed by atoms with Gasteiger partial charge in [0.25, 0.3) is 11.5 Å². The Kier molecular flexibility index (Phi) is 6.66. The van der Waals surface area contributed by atoms with Crippen molar-refractivity contribution in [1.29, 1.82) is 0 Å². The summed E-state index contributed by atoms with van der Waals surface area (Å²) in [6, 6.07) is 21.1. The highest BCUT2D eigenvalue weighted by atomic mass is 32.1. The summed E-state index contributed by atoms with van der Waals surface area (Å²) in [7, 11) is 0. The maximum atomic E-state index is 14.4. The summed E-state index contributed by atoms with van der Waals surface area (Å²) in [5, 5.41) is 4.44. The van der Waals surface area contributed by atoms with Crippen molar-refractivity contribution in [2.75, 3.05) is 11.5 Å². The van der Waals surface area contributed by atoms with Crippen LogP contribution in [0.3, 0.4) is 0 Å². The molecular formula is C30H25FN4O3S. The first-order valence-corrected chi connectivity index (χ1v) is 13.7. The molecule has 2 aromatic heterocycles. The Balaban J connectivity index is 1.34. The Morgan fingerprint density at radius 2 is 1.72 bits per heavy atom. The van der Waals surface area contributed by atoms with Gasteiger partial charge in [-0.15, -0.1) is 5.10 Å². The number of hydrogen-bond donors (Lipinski definition) is 0. The van der Waals surface area contributed by atoms with Gasteiger partial charge in [-0.05, 0) is 42.8 Å². The first-order chi connectivity index (χ1) is 19.0. The van der Waals surface area contributed by atoms with Crippen molar-refractivity contribution in [2.24, 2.45) is 0 Å². The molecule has 196 valence electrons. The van der Waals surface area contributed by atoms with Crippen LogP contribution in [0.15, 0.2) is 77.6 Å². The Bertz CT molecular complexity index is 1800.